The Balaban J connectivity index is 1.47. The Bertz CT molecular complexity index is 671. The van der Waals surface area contributed by atoms with Crippen LogP contribution in [0.25, 0.3) is 0 Å². The van der Waals surface area contributed by atoms with Crippen LogP contribution in [-0.2, 0) is 25.5 Å². The van der Waals surface area contributed by atoms with Gasteiger partial charge in [0, 0.05) is 52.8 Å². The van der Waals surface area contributed by atoms with E-state index >= 15 is 0 Å². The van der Waals surface area contributed by atoms with Gasteiger partial charge in [0.2, 0.25) is 17.7 Å². The molecule has 2 fully saturated rings. The second-order valence-corrected chi connectivity index (χ2v) is 7.10. The van der Waals surface area contributed by atoms with Crippen molar-refractivity contribution in [3.8, 4) is 0 Å². The molecule has 0 aromatic heterocycles. The molecular weight excluding hydrogens is 346 g/mol. The average molecular weight is 373 g/mol. The first-order chi connectivity index (χ1) is 13.1. The quantitative estimate of drug-likeness (QED) is 0.724. The predicted octanol–water partition coefficient (Wildman–Crippen LogP) is 0.395. The summed E-state index contributed by atoms with van der Waals surface area (Å²) < 4.78 is 5.01. The molecule has 27 heavy (non-hydrogen) atoms. The van der Waals surface area contributed by atoms with Crippen LogP contribution in [0.3, 0.4) is 0 Å². The summed E-state index contributed by atoms with van der Waals surface area (Å²) in [7, 11) is 1.60. The molecule has 146 valence electrons. The lowest BCUT2D eigenvalue weighted by Crippen LogP contribution is -2.52. The standard InChI is InChI=1S/C20H27N3O4/c1-27-12-11-23-15-17(14-19(23)25)20(26)22-9-7-21(8-10-22)18(24)13-16-5-3-2-4-6-16/h2-6,17H,7-15H2,1H3. The van der Waals surface area contributed by atoms with E-state index in [1.165, 1.54) is 0 Å². The molecule has 2 aliphatic rings. The Hall–Kier alpha value is -2.41. The maximum absolute atomic E-state index is 12.7. The Morgan fingerprint density at radius 3 is 2.41 bits per heavy atom. The Morgan fingerprint density at radius 1 is 1.07 bits per heavy atom. The number of rotatable bonds is 6. The minimum atomic E-state index is -0.277. The fourth-order valence-electron chi connectivity index (χ4n) is 3.67. The SMILES string of the molecule is COCCN1CC(C(=O)N2CCN(C(=O)Cc3ccccc3)CC2)CC1=O. The van der Waals surface area contributed by atoms with Crippen molar-refractivity contribution in [2.24, 2.45) is 5.92 Å². The molecule has 0 saturated carbocycles. The van der Waals surface area contributed by atoms with Crippen LogP contribution < -0.4 is 0 Å². The molecule has 1 atom stereocenters. The lowest BCUT2D eigenvalue weighted by atomic mass is 10.1. The van der Waals surface area contributed by atoms with E-state index in [0.29, 0.717) is 52.3 Å². The number of piperazine rings is 1. The van der Waals surface area contributed by atoms with E-state index in [9.17, 15) is 14.4 Å². The van der Waals surface area contributed by atoms with Crippen molar-refractivity contribution in [3.63, 3.8) is 0 Å². The van der Waals surface area contributed by atoms with E-state index < -0.39 is 0 Å². The normalized spacial score (nSPS) is 20.3. The van der Waals surface area contributed by atoms with Crippen molar-refractivity contribution in [2.45, 2.75) is 12.8 Å². The van der Waals surface area contributed by atoms with Crippen LogP contribution >= 0.6 is 0 Å². The maximum Gasteiger partial charge on any atom is 0.228 e. The highest BCUT2D eigenvalue weighted by atomic mass is 16.5. The van der Waals surface area contributed by atoms with E-state index in [1.807, 2.05) is 35.2 Å². The third kappa shape index (κ3) is 4.86. The van der Waals surface area contributed by atoms with E-state index in [4.69, 9.17) is 4.74 Å². The van der Waals surface area contributed by atoms with Gasteiger partial charge in [-0.2, -0.15) is 0 Å². The number of nitrogens with zero attached hydrogens (tertiary/aromatic N) is 3. The van der Waals surface area contributed by atoms with Gasteiger partial charge in [-0.1, -0.05) is 30.3 Å². The molecule has 0 radical (unpaired) electrons. The van der Waals surface area contributed by atoms with Crippen molar-refractivity contribution >= 4 is 17.7 Å². The highest BCUT2D eigenvalue weighted by molar-refractivity contribution is 5.89. The molecule has 0 aliphatic carbocycles. The van der Waals surface area contributed by atoms with Gasteiger partial charge in [-0.05, 0) is 5.56 Å². The number of hydrogen-bond acceptors (Lipinski definition) is 4. The summed E-state index contributed by atoms with van der Waals surface area (Å²) in [6, 6.07) is 9.69. The Kier molecular flexibility index (Phi) is 6.45. The van der Waals surface area contributed by atoms with Crippen LogP contribution in [0.5, 0.6) is 0 Å². The van der Waals surface area contributed by atoms with Crippen LogP contribution in [0.1, 0.15) is 12.0 Å². The average Bonchev–Trinajstić information content (AvgIpc) is 3.07. The van der Waals surface area contributed by atoms with Gasteiger partial charge in [0.25, 0.3) is 0 Å². The molecule has 3 rings (SSSR count). The second-order valence-electron chi connectivity index (χ2n) is 7.10. The molecule has 0 bridgehead atoms. The van der Waals surface area contributed by atoms with Gasteiger partial charge in [0.15, 0.2) is 0 Å². The third-order valence-electron chi connectivity index (χ3n) is 5.27. The predicted molar refractivity (Wildman–Crippen MR) is 99.9 cm³/mol. The first-order valence-corrected chi connectivity index (χ1v) is 9.45. The topological polar surface area (TPSA) is 70.2 Å². The van der Waals surface area contributed by atoms with Gasteiger partial charge in [-0.3, -0.25) is 14.4 Å². The second kappa shape index (κ2) is 8.99. The summed E-state index contributed by atoms with van der Waals surface area (Å²) in [4.78, 5) is 42.5. The van der Waals surface area contributed by atoms with E-state index in [0.717, 1.165) is 5.56 Å². The smallest absolute Gasteiger partial charge is 0.228 e. The molecule has 2 heterocycles. The number of amides is 3. The number of hydrogen-bond donors (Lipinski definition) is 0. The fourth-order valence-corrected chi connectivity index (χ4v) is 3.67. The third-order valence-corrected chi connectivity index (χ3v) is 5.27. The number of carbonyl (C=O) groups excluding carboxylic acids is 3. The Labute approximate surface area is 159 Å². The zero-order chi connectivity index (χ0) is 19.2. The molecule has 7 nitrogen and oxygen atoms in total. The van der Waals surface area contributed by atoms with E-state index in [2.05, 4.69) is 0 Å². The van der Waals surface area contributed by atoms with Crippen molar-refractivity contribution in [3.05, 3.63) is 35.9 Å². The summed E-state index contributed by atoms with van der Waals surface area (Å²) in [5, 5.41) is 0. The van der Waals surface area contributed by atoms with Crippen molar-refractivity contribution in [2.75, 3.05) is 53.0 Å². The van der Waals surface area contributed by atoms with Crippen molar-refractivity contribution in [1.82, 2.24) is 14.7 Å². The molecule has 1 aromatic rings. The molecule has 1 aromatic carbocycles. The van der Waals surface area contributed by atoms with Gasteiger partial charge in [-0.25, -0.2) is 0 Å². The van der Waals surface area contributed by atoms with Gasteiger partial charge in [-0.15, -0.1) is 0 Å². The Morgan fingerprint density at radius 2 is 1.74 bits per heavy atom. The van der Waals surface area contributed by atoms with E-state index in [-0.39, 0.29) is 30.1 Å². The van der Waals surface area contributed by atoms with Crippen molar-refractivity contribution < 1.29 is 19.1 Å². The molecule has 2 aliphatic heterocycles. The molecule has 2 saturated heterocycles. The van der Waals surface area contributed by atoms with E-state index in [1.54, 1.807) is 16.9 Å². The zero-order valence-corrected chi connectivity index (χ0v) is 15.8. The first kappa shape index (κ1) is 19.4. The summed E-state index contributed by atoms with van der Waals surface area (Å²) in [6.07, 6.45) is 0.663. The summed E-state index contributed by atoms with van der Waals surface area (Å²) in [6.45, 7) is 3.63. The number of ether oxygens (including phenoxy) is 1. The number of methoxy groups -OCH3 is 1. The minimum Gasteiger partial charge on any atom is -0.383 e. The van der Waals surface area contributed by atoms with Crippen LogP contribution in [-0.4, -0.2) is 85.4 Å². The maximum atomic E-state index is 12.7. The number of likely N-dealkylation sites (tertiary alicyclic amines) is 1. The van der Waals surface area contributed by atoms with Crippen LogP contribution in [0.2, 0.25) is 0 Å². The van der Waals surface area contributed by atoms with Gasteiger partial charge >= 0.3 is 0 Å². The van der Waals surface area contributed by atoms with Crippen LogP contribution in [0.4, 0.5) is 0 Å². The van der Waals surface area contributed by atoms with Gasteiger partial charge < -0.3 is 19.4 Å². The molecule has 7 heteroatoms. The first-order valence-electron chi connectivity index (χ1n) is 9.45. The van der Waals surface area contributed by atoms with Crippen LogP contribution in [0.15, 0.2) is 30.3 Å². The lowest BCUT2D eigenvalue weighted by molar-refractivity contribution is -0.141. The number of benzene rings is 1. The molecule has 3 amide bonds. The van der Waals surface area contributed by atoms with Crippen molar-refractivity contribution in [1.29, 1.82) is 0 Å². The molecule has 0 spiro atoms. The lowest BCUT2D eigenvalue weighted by Gasteiger charge is -2.36. The summed E-state index contributed by atoms with van der Waals surface area (Å²) in [5.41, 5.74) is 1.00. The molecule has 1 unspecified atom stereocenters. The monoisotopic (exact) mass is 373 g/mol. The number of carbonyl (C=O) groups is 3. The summed E-state index contributed by atoms with van der Waals surface area (Å²) in [5.74, 6) is -0.142. The summed E-state index contributed by atoms with van der Waals surface area (Å²) >= 11 is 0. The molecule has 0 N–H and O–H groups in total. The molecular formula is C20H27N3O4. The minimum absolute atomic E-state index is 0.0158. The van der Waals surface area contributed by atoms with Gasteiger partial charge in [0.1, 0.15) is 0 Å². The highest BCUT2D eigenvalue weighted by Gasteiger charge is 2.37. The van der Waals surface area contributed by atoms with Crippen LogP contribution in [0, 0.1) is 5.92 Å². The zero-order valence-electron chi connectivity index (χ0n) is 15.8. The largest absolute Gasteiger partial charge is 0.383 e. The van der Waals surface area contributed by atoms with Gasteiger partial charge in [0.05, 0.1) is 18.9 Å². The highest BCUT2D eigenvalue weighted by Crippen LogP contribution is 2.21. The fraction of sp³-hybridized carbons (Fsp3) is 0.550.